The highest BCUT2D eigenvalue weighted by Crippen LogP contribution is 2.24. The van der Waals surface area contributed by atoms with Gasteiger partial charge in [-0.25, -0.2) is 0 Å². The maximum Gasteiger partial charge on any atom is 0.0412 e. The van der Waals surface area contributed by atoms with Gasteiger partial charge in [-0.2, -0.15) is 0 Å². The quantitative estimate of drug-likeness (QED) is 0.821. The zero-order valence-corrected chi connectivity index (χ0v) is 10.5. The number of nitrogens with zero attached hydrogens (tertiary/aromatic N) is 1. The minimum Gasteiger partial charge on any atom is -0.369 e. The molecule has 1 atom stereocenters. The smallest absolute Gasteiger partial charge is 0.0412 e. The Labute approximate surface area is 98.7 Å². The first kappa shape index (κ1) is 11.5. The third kappa shape index (κ3) is 2.56. The zero-order valence-electron chi connectivity index (χ0n) is 10.5. The molecule has 1 heterocycles. The van der Waals surface area contributed by atoms with Crippen molar-refractivity contribution < 1.29 is 0 Å². The second kappa shape index (κ2) is 4.88. The van der Waals surface area contributed by atoms with Gasteiger partial charge in [-0.1, -0.05) is 32.0 Å². The molecule has 0 saturated carbocycles. The Bertz CT molecular complexity index is 346. The van der Waals surface area contributed by atoms with Crippen molar-refractivity contribution in [2.24, 2.45) is 5.92 Å². The molecule has 88 valence electrons. The topological polar surface area (TPSA) is 15.3 Å². The van der Waals surface area contributed by atoms with E-state index < -0.39 is 0 Å². The Morgan fingerprint density at radius 3 is 2.88 bits per heavy atom. The Hall–Kier alpha value is -1.02. The van der Waals surface area contributed by atoms with E-state index >= 15 is 0 Å². The largest absolute Gasteiger partial charge is 0.369 e. The highest BCUT2D eigenvalue weighted by atomic mass is 15.2. The fraction of sp³-hybridized carbons (Fsp3) is 0.571. The highest BCUT2D eigenvalue weighted by Gasteiger charge is 2.18. The van der Waals surface area contributed by atoms with E-state index in [0.717, 1.165) is 19.6 Å². The molecular weight excluding hydrogens is 196 g/mol. The normalized spacial score (nSPS) is 20.8. The zero-order chi connectivity index (χ0) is 11.5. The summed E-state index contributed by atoms with van der Waals surface area (Å²) in [5.41, 5.74) is 2.83. The molecule has 2 rings (SSSR count). The molecule has 0 radical (unpaired) electrons. The molecule has 2 nitrogen and oxygen atoms in total. The van der Waals surface area contributed by atoms with Crippen molar-refractivity contribution in [2.75, 3.05) is 18.0 Å². The van der Waals surface area contributed by atoms with E-state index in [9.17, 15) is 0 Å². The first-order valence-corrected chi connectivity index (χ1v) is 6.23. The fourth-order valence-corrected chi connectivity index (χ4v) is 2.36. The van der Waals surface area contributed by atoms with E-state index in [1.54, 1.807) is 0 Å². The minimum absolute atomic E-state index is 0.561. The minimum atomic E-state index is 0.561. The van der Waals surface area contributed by atoms with Gasteiger partial charge in [0.05, 0.1) is 0 Å². The van der Waals surface area contributed by atoms with Crippen LogP contribution in [0.1, 0.15) is 26.3 Å². The van der Waals surface area contributed by atoms with Gasteiger partial charge in [0.2, 0.25) is 0 Å². The van der Waals surface area contributed by atoms with Crippen molar-refractivity contribution in [1.82, 2.24) is 5.32 Å². The lowest BCUT2D eigenvalue weighted by Crippen LogP contribution is -2.37. The molecule has 1 aromatic rings. The maximum atomic E-state index is 3.56. The van der Waals surface area contributed by atoms with Crippen molar-refractivity contribution in [3.05, 3.63) is 29.8 Å². The van der Waals surface area contributed by atoms with Crippen LogP contribution in [0.2, 0.25) is 0 Å². The van der Waals surface area contributed by atoms with Gasteiger partial charge >= 0.3 is 0 Å². The first-order valence-electron chi connectivity index (χ1n) is 6.23. The second-order valence-corrected chi connectivity index (χ2v) is 5.21. The lowest BCUT2D eigenvalue weighted by atomic mass is 10.1. The molecule has 2 heteroatoms. The summed E-state index contributed by atoms with van der Waals surface area (Å²) in [5.74, 6) is 0.707. The van der Waals surface area contributed by atoms with E-state index in [2.05, 4.69) is 55.3 Å². The van der Waals surface area contributed by atoms with E-state index in [-0.39, 0.29) is 0 Å². The second-order valence-electron chi connectivity index (χ2n) is 5.21. The van der Waals surface area contributed by atoms with E-state index in [1.165, 1.54) is 11.3 Å². The molecule has 16 heavy (non-hydrogen) atoms. The third-order valence-corrected chi connectivity index (χ3v) is 3.05. The van der Waals surface area contributed by atoms with Crippen molar-refractivity contribution in [3.63, 3.8) is 0 Å². The van der Waals surface area contributed by atoms with Crippen molar-refractivity contribution in [1.29, 1.82) is 0 Å². The number of para-hydroxylation sites is 1. The van der Waals surface area contributed by atoms with Crippen molar-refractivity contribution >= 4 is 5.69 Å². The van der Waals surface area contributed by atoms with Crippen LogP contribution in [-0.2, 0) is 6.54 Å². The predicted molar refractivity (Wildman–Crippen MR) is 69.8 cm³/mol. The molecular formula is C14H22N2. The maximum absolute atomic E-state index is 3.56. The number of hydrogen-bond donors (Lipinski definition) is 1. The number of benzene rings is 1. The molecule has 1 aromatic carbocycles. The molecule has 0 fully saturated rings. The van der Waals surface area contributed by atoms with Crippen LogP contribution in [0.3, 0.4) is 0 Å². The number of anilines is 1. The van der Waals surface area contributed by atoms with Gasteiger partial charge in [-0.05, 0) is 24.5 Å². The first-order chi connectivity index (χ1) is 7.66. The summed E-state index contributed by atoms with van der Waals surface area (Å²) in [6, 6.07) is 9.31. The number of hydrogen-bond acceptors (Lipinski definition) is 2. The van der Waals surface area contributed by atoms with Crippen LogP contribution in [0.5, 0.6) is 0 Å². The molecule has 0 amide bonds. The van der Waals surface area contributed by atoms with Gasteiger partial charge in [0, 0.05) is 31.4 Å². The molecule has 1 aliphatic rings. The lowest BCUT2D eigenvalue weighted by molar-refractivity contribution is 0.530. The third-order valence-electron chi connectivity index (χ3n) is 3.05. The number of rotatable bonds is 2. The Balaban J connectivity index is 2.27. The fourth-order valence-electron chi connectivity index (χ4n) is 2.36. The van der Waals surface area contributed by atoms with Crippen LogP contribution in [0.4, 0.5) is 5.69 Å². The number of fused-ring (bicyclic) bond motifs is 1. The average Bonchev–Trinajstić information content (AvgIpc) is 2.39. The molecule has 0 spiro atoms. The molecule has 0 aromatic heterocycles. The summed E-state index contributed by atoms with van der Waals surface area (Å²) in [4.78, 5) is 2.52. The van der Waals surface area contributed by atoms with E-state index in [0.29, 0.717) is 12.0 Å². The van der Waals surface area contributed by atoms with Crippen molar-refractivity contribution in [3.8, 4) is 0 Å². The average molecular weight is 218 g/mol. The Morgan fingerprint density at radius 1 is 1.38 bits per heavy atom. The summed E-state index contributed by atoms with van der Waals surface area (Å²) in [7, 11) is 0. The van der Waals surface area contributed by atoms with Gasteiger partial charge in [-0.15, -0.1) is 0 Å². The van der Waals surface area contributed by atoms with Crippen LogP contribution >= 0.6 is 0 Å². The highest BCUT2D eigenvalue weighted by molar-refractivity contribution is 5.54. The molecule has 1 unspecified atom stereocenters. The molecule has 1 N–H and O–H groups in total. The van der Waals surface area contributed by atoms with Crippen LogP contribution in [-0.4, -0.2) is 19.1 Å². The predicted octanol–water partition coefficient (Wildman–Crippen LogP) is 2.64. The summed E-state index contributed by atoms with van der Waals surface area (Å²) >= 11 is 0. The van der Waals surface area contributed by atoms with Crippen LogP contribution in [0.25, 0.3) is 0 Å². The lowest BCUT2D eigenvalue weighted by Gasteiger charge is -2.28. The van der Waals surface area contributed by atoms with Crippen LogP contribution in [0.15, 0.2) is 24.3 Å². The summed E-state index contributed by atoms with van der Waals surface area (Å²) in [5, 5.41) is 3.56. The Morgan fingerprint density at radius 2 is 2.12 bits per heavy atom. The standard InChI is InChI=1S/C14H22N2/c1-11(2)9-16-10-12(3)15-8-13-6-4-5-7-14(13)16/h4-7,11-12,15H,8-10H2,1-3H3. The molecule has 0 aliphatic carbocycles. The van der Waals surface area contributed by atoms with Gasteiger partial charge in [-0.3, -0.25) is 0 Å². The monoisotopic (exact) mass is 218 g/mol. The van der Waals surface area contributed by atoms with Gasteiger partial charge < -0.3 is 10.2 Å². The summed E-state index contributed by atoms with van der Waals surface area (Å²) < 4.78 is 0. The SMILES string of the molecule is CC(C)CN1CC(C)NCc2ccccc21. The molecule has 1 aliphatic heterocycles. The van der Waals surface area contributed by atoms with Crippen molar-refractivity contribution in [2.45, 2.75) is 33.4 Å². The van der Waals surface area contributed by atoms with E-state index in [1.807, 2.05) is 0 Å². The van der Waals surface area contributed by atoms with Crippen LogP contribution in [0, 0.1) is 5.92 Å². The molecule has 0 saturated heterocycles. The molecule has 0 bridgehead atoms. The van der Waals surface area contributed by atoms with Gasteiger partial charge in [0.15, 0.2) is 0 Å². The summed E-state index contributed by atoms with van der Waals surface area (Å²) in [6.07, 6.45) is 0. The number of nitrogens with one attached hydrogen (secondary N) is 1. The van der Waals surface area contributed by atoms with E-state index in [4.69, 9.17) is 0 Å². The summed E-state index contributed by atoms with van der Waals surface area (Å²) in [6.45, 7) is 10.1. The van der Waals surface area contributed by atoms with Gasteiger partial charge in [0.1, 0.15) is 0 Å². The van der Waals surface area contributed by atoms with Crippen LogP contribution < -0.4 is 10.2 Å². The Kier molecular flexibility index (Phi) is 3.49. The van der Waals surface area contributed by atoms with Gasteiger partial charge in [0.25, 0.3) is 0 Å².